The average Bonchev–Trinajstić information content (AvgIpc) is 2.36. The van der Waals surface area contributed by atoms with E-state index in [1.54, 1.807) is 6.92 Å². The molecule has 62 valence electrons. The quantitative estimate of drug-likeness (QED) is 0.301. The third kappa shape index (κ3) is 4.94. The monoisotopic (exact) mass is 165 g/mol. The summed E-state index contributed by atoms with van der Waals surface area (Å²) in [4.78, 5) is 19.8. The molecule has 4 nitrogen and oxygen atoms in total. The van der Waals surface area contributed by atoms with E-state index in [0.29, 0.717) is 5.57 Å². The largest absolute Gasteiger partial charge is 0.387 e. The molecule has 1 aliphatic heterocycles. The SMILES string of the molecule is C=C(C)C#N.O=C1C=CC(=O)O1. The summed E-state index contributed by atoms with van der Waals surface area (Å²) in [5.74, 6) is -1.16. The first-order chi connectivity index (χ1) is 5.56. The Morgan fingerprint density at radius 2 is 1.83 bits per heavy atom. The summed E-state index contributed by atoms with van der Waals surface area (Å²) in [7, 11) is 0. The molecule has 1 rings (SSSR count). The van der Waals surface area contributed by atoms with E-state index in [1.165, 1.54) is 0 Å². The molecule has 0 saturated carbocycles. The van der Waals surface area contributed by atoms with Crippen LogP contribution in [0, 0.1) is 11.3 Å². The minimum absolute atomic E-state index is 0.560. The van der Waals surface area contributed by atoms with Gasteiger partial charge in [0.15, 0.2) is 0 Å². The van der Waals surface area contributed by atoms with Crippen molar-refractivity contribution >= 4 is 11.9 Å². The van der Waals surface area contributed by atoms with Gasteiger partial charge in [0.25, 0.3) is 0 Å². The average molecular weight is 165 g/mol. The van der Waals surface area contributed by atoms with E-state index in [-0.39, 0.29) is 0 Å². The van der Waals surface area contributed by atoms with Crippen LogP contribution in [0.25, 0.3) is 0 Å². The van der Waals surface area contributed by atoms with Gasteiger partial charge >= 0.3 is 11.9 Å². The maximum absolute atomic E-state index is 9.92. The van der Waals surface area contributed by atoms with Crippen LogP contribution in [0.1, 0.15) is 6.92 Å². The van der Waals surface area contributed by atoms with E-state index in [2.05, 4.69) is 11.3 Å². The highest BCUT2D eigenvalue weighted by atomic mass is 16.6. The van der Waals surface area contributed by atoms with Crippen molar-refractivity contribution in [1.29, 1.82) is 5.26 Å². The van der Waals surface area contributed by atoms with E-state index in [1.807, 2.05) is 6.07 Å². The number of hydrogen-bond donors (Lipinski definition) is 0. The summed E-state index contributed by atoms with van der Waals surface area (Å²) in [5.41, 5.74) is 0.560. The number of carbonyl (C=O) groups excluding carboxylic acids is 2. The van der Waals surface area contributed by atoms with Gasteiger partial charge in [0.2, 0.25) is 0 Å². The molecule has 4 heteroatoms. The summed E-state index contributed by atoms with van der Waals surface area (Å²) >= 11 is 0. The first kappa shape index (κ1) is 10.1. The molecule has 0 N–H and O–H groups in total. The molecule has 0 saturated heterocycles. The molecule has 0 aromatic heterocycles. The Balaban J connectivity index is 0.000000217. The molecular weight excluding hydrogens is 158 g/mol. The van der Waals surface area contributed by atoms with Crippen LogP contribution in [0.3, 0.4) is 0 Å². The summed E-state index contributed by atoms with van der Waals surface area (Å²) in [5, 5.41) is 7.79. The molecule has 0 fully saturated rings. The van der Waals surface area contributed by atoms with E-state index in [0.717, 1.165) is 12.2 Å². The van der Waals surface area contributed by atoms with Crippen molar-refractivity contribution in [3.8, 4) is 6.07 Å². The van der Waals surface area contributed by atoms with Crippen molar-refractivity contribution in [3.05, 3.63) is 24.3 Å². The van der Waals surface area contributed by atoms with Crippen LogP contribution in [-0.4, -0.2) is 11.9 Å². The number of rotatable bonds is 0. The Morgan fingerprint density at radius 1 is 1.50 bits per heavy atom. The fourth-order valence-electron chi connectivity index (χ4n) is 0.303. The Morgan fingerprint density at radius 3 is 1.92 bits per heavy atom. The van der Waals surface area contributed by atoms with Gasteiger partial charge in [0.1, 0.15) is 0 Å². The van der Waals surface area contributed by atoms with Gasteiger partial charge in [-0.15, -0.1) is 0 Å². The standard InChI is InChI=1S/C4H5N.C4H2O3/c1-4(2)3-5;5-3-1-2-4(6)7-3/h1H2,2H3;1-2H. The Bertz CT molecular complexity index is 267. The second-order valence-electron chi connectivity index (χ2n) is 1.97. The van der Waals surface area contributed by atoms with E-state index in [4.69, 9.17) is 5.26 Å². The molecule has 1 heterocycles. The minimum Gasteiger partial charge on any atom is -0.387 e. The summed E-state index contributed by atoms with van der Waals surface area (Å²) in [6.45, 7) is 4.98. The zero-order valence-electron chi connectivity index (χ0n) is 6.53. The molecule has 0 amide bonds. The lowest BCUT2D eigenvalue weighted by atomic mass is 10.4. The molecule has 0 aliphatic carbocycles. The zero-order valence-corrected chi connectivity index (χ0v) is 6.53. The van der Waals surface area contributed by atoms with E-state index in [9.17, 15) is 9.59 Å². The number of esters is 2. The first-order valence-electron chi connectivity index (χ1n) is 3.05. The first-order valence-corrected chi connectivity index (χ1v) is 3.05. The highest BCUT2D eigenvalue weighted by molar-refractivity contribution is 6.04. The van der Waals surface area contributed by atoms with Gasteiger partial charge in [-0.25, -0.2) is 9.59 Å². The molecule has 0 spiro atoms. The van der Waals surface area contributed by atoms with Crippen molar-refractivity contribution < 1.29 is 14.3 Å². The number of ether oxygens (including phenoxy) is 1. The number of carbonyl (C=O) groups is 2. The van der Waals surface area contributed by atoms with Crippen LogP contribution in [0.2, 0.25) is 0 Å². The van der Waals surface area contributed by atoms with Crippen molar-refractivity contribution in [2.75, 3.05) is 0 Å². The fraction of sp³-hybridized carbons (Fsp3) is 0.125. The molecule has 0 radical (unpaired) electrons. The Hall–Kier alpha value is -1.89. The summed E-state index contributed by atoms with van der Waals surface area (Å²) in [6.07, 6.45) is 2.17. The molecule has 0 aromatic carbocycles. The minimum atomic E-state index is -0.579. The van der Waals surface area contributed by atoms with Gasteiger partial charge in [0.05, 0.1) is 6.07 Å². The molecule has 0 unspecified atom stereocenters. The number of nitriles is 1. The number of allylic oxidation sites excluding steroid dienone is 1. The maximum Gasteiger partial charge on any atom is 0.338 e. The third-order valence-corrected chi connectivity index (χ3v) is 0.748. The maximum atomic E-state index is 9.92. The van der Waals surface area contributed by atoms with Crippen LogP contribution in [0.4, 0.5) is 0 Å². The van der Waals surface area contributed by atoms with Gasteiger partial charge in [-0.2, -0.15) is 5.26 Å². The molecular formula is C8H7NO3. The lowest BCUT2D eigenvalue weighted by Crippen LogP contribution is -1.96. The predicted molar refractivity (Wildman–Crippen MR) is 40.7 cm³/mol. The van der Waals surface area contributed by atoms with Gasteiger partial charge < -0.3 is 4.74 Å². The second-order valence-corrected chi connectivity index (χ2v) is 1.97. The summed E-state index contributed by atoms with van der Waals surface area (Å²) < 4.78 is 3.97. The Kier molecular flexibility index (Phi) is 4.09. The lowest BCUT2D eigenvalue weighted by Gasteiger charge is -1.80. The molecule has 12 heavy (non-hydrogen) atoms. The van der Waals surface area contributed by atoms with Crippen LogP contribution < -0.4 is 0 Å². The normalized spacial score (nSPS) is 12.7. The van der Waals surface area contributed by atoms with Crippen molar-refractivity contribution in [2.24, 2.45) is 0 Å². The van der Waals surface area contributed by atoms with Crippen molar-refractivity contribution in [1.82, 2.24) is 0 Å². The summed E-state index contributed by atoms with van der Waals surface area (Å²) in [6, 6.07) is 1.83. The zero-order chi connectivity index (χ0) is 9.56. The van der Waals surface area contributed by atoms with Crippen LogP contribution in [-0.2, 0) is 14.3 Å². The topological polar surface area (TPSA) is 67.2 Å². The van der Waals surface area contributed by atoms with Gasteiger partial charge in [-0.05, 0) is 6.92 Å². The Labute approximate surface area is 69.7 Å². The lowest BCUT2D eigenvalue weighted by molar-refractivity contribution is -0.150. The smallest absolute Gasteiger partial charge is 0.338 e. The van der Waals surface area contributed by atoms with Gasteiger partial charge in [0, 0.05) is 17.7 Å². The molecule has 0 atom stereocenters. The fourth-order valence-corrected chi connectivity index (χ4v) is 0.303. The molecule has 0 bridgehead atoms. The van der Waals surface area contributed by atoms with E-state index < -0.39 is 11.9 Å². The van der Waals surface area contributed by atoms with Crippen LogP contribution in [0.5, 0.6) is 0 Å². The second kappa shape index (κ2) is 4.85. The van der Waals surface area contributed by atoms with Gasteiger partial charge in [-0.3, -0.25) is 0 Å². The highest BCUT2D eigenvalue weighted by Crippen LogP contribution is 1.92. The number of nitrogens with zero attached hydrogens (tertiary/aromatic N) is 1. The van der Waals surface area contributed by atoms with E-state index >= 15 is 0 Å². The number of hydrogen-bond acceptors (Lipinski definition) is 4. The predicted octanol–water partition coefficient (Wildman–Crippen LogP) is 0.712. The van der Waals surface area contributed by atoms with Crippen molar-refractivity contribution in [2.45, 2.75) is 6.92 Å². The molecule has 0 aromatic rings. The van der Waals surface area contributed by atoms with Crippen molar-refractivity contribution in [3.63, 3.8) is 0 Å². The number of cyclic esters (lactones) is 2. The van der Waals surface area contributed by atoms with Crippen LogP contribution >= 0.6 is 0 Å². The highest BCUT2D eigenvalue weighted by Gasteiger charge is 2.10. The molecule has 1 aliphatic rings. The third-order valence-electron chi connectivity index (χ3n) is 0.748. The van der Waals surface area contributed by atoms with Gasteiger partial charge in [-0.1, -0.05) is 6.58 Å². The van der Waals surface area contributed by atoms with Crippen LogP contribution in [0.15, 0.2) is 24.3 Å².